The Morgan fingerprint density at radius 2 is 1.97 bits per heavy atom. The minimum Gasteiger partial charge on any atom is -0.497 e. The Bertz CT molecular complexity index is 942. The summed E-state index contributed by atoms with van der Waals surface area (Å²) in [5.74, 6) is 0.930. The minimum absolute atomic E-state index is 0.0160. The van der Waals surface area contributed by atoms with Crippen molar-refractivity contribution in [1.29, 1.82) is 0 Å². The molecule has 0 aromatic heterocycles. The Kier molecular flexibility index (Phi) is 8.25. The van der Waals surface area contributed by atoms with Crippen LogP contribution in [-0.4, -0.2) is 49.4 Å². The first-order valence-electron chi connectivity index (χ1n) is 11.0. The Morgan fingerprint density at radius 1 is 1.19 bits per heavy atom. The average molecular weight is 438 g/mol. The van der Waals surface area contributed by atoms with Crippen LogP contribution in [0.4, 0.5) is 0 Å². The summed E-state index contributed by atoms with van der Waals surface area (Å²) in [7, 11) is 1.66. The Morgan fingerprint density at radius 3 is 2.69 bits per heavy atom. The molecule has 0 spiro atoms. The molecule has 0 aliphatic carbocycles. The van der Waals surface area contributed by atoms with E-state index in [1.54, 1.807) is 24.1 Å². The number of nitrogens with zero attached hydrogens (tertiary/aromatic N) is 1. The molecule has 7 heteroatoms. The highest BCUT2D eigenvalue weighted by molar-refractivity contribution is 5.97. The molecule has 2 N–H and O–H groups in total. The molecule has 3 rings (SSSR count). The molecular weight excluding hydrogens is 406 g/mol. The molecule has 3 amide bonds. The number of rotatable bonds is 9. The smallest absolute Gasteiger partial charge is 0.254 e. The monoisotopic (exact) mass is 437 g/mol. The highest BCUT2D eigenvalue weighted by Gasteiger charge is 2.22. The van der Waals surface area contributed by atoms with Gasteiger partial charge in [0.25, 0.3) is 5.91 Å². The van der Waals surface area contributed by atoms with Crippen LogP contribution in [0, 0.1) is 0 Å². The maximum Gasteiger partial charge on any atom is 0.254 e. The van der Waals surface area contributed by atoms with E-state index in [0.717, 1.165) is 24.2 Å². The lowest BCUT2D eigenvalue weighted by molar-refractivity contribution is -0.123. The standard InChI is InChI=1S/C25H31N3O4/c1-18(21-6-4-7-22(15-21)32-2)5-3-8-23(29)27-16-19-9-11-20(12-10-19)25(31)28-14-13-26-24(30)17-28/h4,6-7,9-12,15,18H,3,5,8,13-14,16-17H2,1-2H3,(H,26,30)(H,27,29). The number of carbonyl (C=O) groups excluding carboxylic acids is 3. The second-order valence-electron chi connectivity index (χ2n) is 8.12. The van der Waals surface area contributed by atoms with Crippen molar-refractivity contribution in [2.45, 2.75) is 38.6 Å². The number of nitrogens with one attached hydrogen (secondary N) is 2. The zero-order valence-electron chi connectivity index (χ0n) is 18.7. The Labute approximate surface area is 189 Å². The van der Waals surface area contributed by atoms with Gasteiger partial charge in [0, 0.05) is 31.6 Å². The second kappa shape index (κ2) is 11.3. The largest absolute Gasteiger partial charge is 0.497 e. The fourth-order valence-corrected chi connectivity index (χ4v) is 3.73. The summed E-state index contributed by atoms with van der Waals surface area (Å²) < 4.78 is 5.28. The zero-order valence-corrected chi connectivity index (χ0v) is 18.7. The van der Waals surface area contributed by atoms with Crippen molar-refractivity contribution in [1.82, 2.24) is 15.5 Å². The molecule has 0 saturated carbocycles. The van der Waals surface area contributed by atoms with E-state index in [9.17, 15) is 14.4 Å². The van der Waals surface area contributed by atoms with Gasteiger partial charge in [0.05, 0.1) is 13.7 Å². The van der Waals surface area contributed by atoms with Gasteiger partial charge in [-0.15, -0.1) is 0 Å². The van der Waals surface area contributed by atoms with E-state index < -0.39 is 0 Å². The average Bonchev–Trinajstić information content (AvgIpc) is 2.82. The van der Waals surface area contributed by atoms with Crippen LogP contribution in [0.5, 0.6) is 5.75 Å². The maximum atomic E-state index is 12.5. The van der Waals surface area contributed by atoms with Crippen molar-refractivity contribution in [3.05, 3.63) is 65.2 Å². The first kappa shape index (κ1) is 23.3. The van der Waals surface area contributed by atoms with Crippen LogP contribution in [0.15, 0.2) is 48.5 Å². The van der Waals surface area contributed by atoms with Gasteiger partial charge in [0.15, 0.2) is 0 Å². The molecule has 7 nitrogen and oxygen atoms in total. The van der Waals surface area contributed by atoms with Crippen molar-refractivity contribution in [3.63, 3.8) is 0 Å². The van der Waals surface area contributed by atoms with Gasteiger partial charge in [-0.1, -0.05) is 31.2 Å². The normalized spacial score (nSPS) is 14.4. The van der Waals surface area contributed by atoms with E-state index in [0.29, 0.717) is 37.5 Å². The molecule has 1 heterocycles. The van der Waals surface area contributed by atoms with Crippen molar-refractivity contribution >= 4 is 17.7 Å². The number of benzene rings is 2. The lowest BCUT2D eigenvalue weighted by Gasteiger charge is -2.26. The van der Waals surface area contributed by atoms with Crippen molar-refractivity contribution in [3.8, 4) is 5.75 Å². The predicted molar refractivity (Wildman–Crippen MR) is 122 cm³/mol. The lowest BCUT2D eigenvalue weighted by Crippen LogP contribution is -2.49. The van der Waals surface area contributed by atoms with Crippen molar-refractivity contribution in [2.24, 2.45) is 0 Å². The fraction of sp³-hybridized carbons (Fsp3) is 0.400. The van der Waals surface area contributed by atoms with Gasteiger partial charge in [-0.3, -0.25) is 14.4 Å². The summed E-state index contributed by atoms with van der Waals surface area (Å²) in [6, 6.07) is 15.2. The third-order valence-corrected chi connectivity index (χ3v) is 5.72. The summed E-state index contributed by atoms with van der Waals surface area (Å²) in [5, 5.41) is 5.65. The molecule has 170 valence electrons. The number of carbonyl (C=O) groups is 3. The zero-order chi connectivity index (χ0) is 22.9. The lowest BCUT2D eigenvalue weighted by atomic mass is 9.95. The van der Waals surface area contributed by atoms with Crippen LogP contribution < -0.4 is 15.4 Å². The van der Waals surface area contributed by atoms with E-state index >= 15 is 0 Å². The molecule has 1 aliphatic rings. The number of piperazine rings is 1. The van der Waals surface area contributed by atoms with E-state index in [1.165, 1.54) is 5.56 Å². The molecule has 1 saturated heterocycles. The minimum atomic E-state index is -0.152. The van der Waals surface area contributed by atoms with Crippen LogP contribution in [-0.2, 0) is 16.1 Å². The fourth-order valence-electron chi connectivity index (χ4n) is 3.73. The maximum absolute atomic E-state index is 12.5. The summed E-state index contributed by atoms with van der Waals surface area (Å²) in [6.07, 6.45) is 2.20. The molecule has 2 aromatic carbocycles. The van der Waals surface area contributed by atoms with Gasteiger partial charge < -0.3 is 20.3 Å². The van der Waals surface area contributed by atoms with Crippen LogP contribution in [0.2, 0.25) is 0 Å². The number of hydrogen-bond donors (Lipinski definition) is 2. The van der Waals surface area contributed by atoms with E-state index in [1.807, 2.05) is 30.3 Å². The Hall–Kier alpha value is -3.35. The molecule has 0 bridgehead atoms. The van der Waals surface area contributed by atoms with Crippen LogP contribution in [0.25, 0.3) is 0 Å². The molecule has 1 atom stereocenters. The number of amides is 3. The van der Waals surface area contributed by atoms with Gasteiger partial charge in [0.1, 0.15) is 5.75 Å². The summed E-state index contributed by atoms with van der Waals surface area (Å²) in [4.78, 5) is 37.7. The summed E-state index contributed by atoms with van der Waals surface area (Å²) in [6.45, 7) is 3.66. The second-order valence-corrected chi connectivity index (χ2v) is 8.12. The molecule has 1 fully saturated rings. The van der Waals surface area contributed by atoms with Gasteiger partial charge in [-0.05, 0) is 54.2 Å². The van der Waals surface area contributed by atoms with Crippen LogP contribution in [0.1, 0.15) is 53.6 Å². The number of hydrogen-bond acceptors (Lipinski definition) is 4. The molecule has 2 aromatic rings. The molecule has 1 aliphatic heterocycles. The van der Waals surface area contributed by atoms with E-state index in [2.05, 4.69) is 23.6 Å². The van der Waals surface area contributed by atoms with E-state index in [-0.39, 0.29) is 24.3 Å². The van der Waals surface area contributed by atoms with Gasteiger partial charge >= 0.3 is 0 Å². The highest BCUT2D eigenvalue weighted by atomic mass is 16.5. The van der Waals surface area contributed by atoms with Gasteiger partial charge in [-0.25, -0.2) is 0 Å². The van der Waals surface area contributed by atoms with Gasteiger partial charge in [-0.2, -0.15) is 0 Å². The SMILES string of the molecule is COc1cccc(C(C)CCCC(=O)NCc2ccc(C(=O)N3CCNC(=O)C3)cc2)c1. The molecule has 1 unspecified atom stereocenters. The summed E-state index contributed by atoms with van der Waals surface area (Å²) in [5.41, 5.74) is 2.68. The van der Waals surface area contributed by atoms with Crippen molar-refractivity contribution < 1.29 is 19.1 Å². The number of methoxy groups -OCH3 is 1. The Balaban J connectivity index is 1.40. The van der Waals surface area contributed by atoms with Gasteiger partial charge in [0.2, 0.25) is 11.8 Å². The first-order valence-corrected chi connectivity index (χ1v) is 11.0. The first-order chi connectivity index (χ1) is 15.5. The summed E-state index contributed by atoms with van der Waals surface area (Å²) >= 11 is 0. The van der Waals surface area contributed by atoms with E-state index in [4.69, 9.17) is 4.74 Å². The third kappa shape index (κ3) is 6.57. The molecular formula is C25H31N3O4. The van der Waals surface area contributed by atoms with Crippen LogP contribution >= 0.6 is 0 Å². The van der Waals surface area contributed by atoms with Crippen molar-refractivity contribution in [2.75, 3.05) is 26.7 Å². The molecule has 32 heavy (non-hydrogen) atoms. The molecule has 0 radical (unpaired) electrons. The quantitative estimate of drug-likeness (QED) is 0.632. The third-order valence-electron chi connectivity index (χ3n) is 5.72. The number of ether oxygens (including phenoxy) is 1. The predicted octanol–water partition coefficient (Wildman–Crippen LogP) is 2.86. The highest BCUT2D eigenvalue weighted by Crippen LogP contribution is 2.24. The topological polar surface area (TPSA) is 87.7 Å². The van der Waals surface area contributed by atoms with Crippen LogP contribution in [0.3, 0.4) is 0 Å².